The molecule has 0 aromatic heterocycles. The summed E-state index contributed by atoms with van der Waals surface area (Å²) in [7, 11) is 1.00. The maximum Gasteiger partial charge on any atom is 0.0340 e. The molecular formula is C26H31NO. The molecule has 0 aliphatic heterocycles. The number of hydrogen-bond donors (Lipinski definition) is 2. The molecule has 0 bridgehead atoms. The highest BCUT2D eigenvalue weighted by molar-refractivity contribution is 5.65. The Morgan fingerprint density at radius 1 is 0.857 bits per heavy atom. The van der Waals surface area contributed by atoms with Crippen LogP contribution >= 0.6 is 0 Å². The third-order valence-electron chi connectivity index (χ3n) is 4.04. The van der Waals surface area contributed by atoms with Crippen molar-refractivity contribution in [2.45, 2.75) is 13.8 Å². The van der Waals surface area contributed by atoms with E-state index in [-0.39, 0.29) is 0 Å². The Morgan fingerprint density at radius 2 is 1.39 bits per heavy atom. The van der Waals surface area contributed by atoms with E-state index in [9.17, 15) is 0 Å². The number of benzene rings is 3. The molecule has 0 spiro atoms. The van der Waals surface area contributed by atoms with Gasteiger partial charge in [-0.15, -0.1) is 0 Å². The summed E-state index contributed by atoms with van der Waals surface area (Å²) in [4.78, 5) is 0. The fraction of sp³-hybridized carbons (Fsp3) is 0.154. The SMILES string of the molecule is C=C(NCC)c1ccc(C)cc1.C=Cc1ccc(-c2ccccc2)cc1.CO. The molecule has 3 aromatic rings. The Morgan fingerprint density at radius 3 is 1.89 bits per heavy atom. The van der Waals surface area contributed by atoms with Crippen LogP contribution in [0.3, 0.4) is 0 Å². The highest BCUT2D eigenvalue weighted by Gasteiger charge is 1.95. The van der Waals surface area contributed by atoms with Crippen LogP contribution in [0.1, 0.15) is 23.6 Å². The van der Waals surface area contributed by atoms with Crippen molar-refractivity contribution < 1.29 is 5.11 Å². The Hall–Kier alpha value is -3.10. The minimum Gasteiger partial charge on any atom is -0.400 e. The summed E-state index contributed by atoms with van der Waals surface area (Å²) < 4.78 is 0. The summed E-state index contributed by atoms with van der Waals surface area (Å²) in [6.45, 7) is 12.7. The molecule has 146 valence electrons. The first kappa shape index (κ1) is 22.9. The average molecular weight is 374 g/mol. The molecule has 0 amide bonds. The third-order valence-corrected chi connectivity index (χ3v) is 4.04. The molecule has 0 radical (unpaired) electrons. The summed E-state index contributed by atoms with van der Waals surface area (Å²) in [5.74, 6) is 0. The largest absolute Gasteiger partial charge is 0.400 e. The molecule has 3 aromatic carbocycles. The van der Waals surface area contributed by atoms with Crippen LogP contribution < -0.4 is 5.32 Å². The quantitative estimate of drug-likeness (QED) is 0.560. The van der Waals surface area contributed by atoms with Gasteiger partial charge in [0.25, 0.3) is 0 Å². The van der Waals surface area contributed by atoms with Crippen molar-refractivity contribution in [3.05, 3.63) is 109 Å². The topological polar surface area (TPSA) is 32.3 Å². The van der Waals surface area contributed by atoms with E-state index in [0.717, 1.165) is 24.9 Å². The normalized spacial score (nSPS) is 9.14. The van der Waals surface area contributed by atoms with Crippen LogP contribution in [0.2, 0.25) is 0 Å². The van der Waals surface area contributed by atoms with Crippen LogP contribution in [0, 0.1) is 6.92 Å². The molecule has 2 N–H and O–H groups in total. The molecular weight excluding hydrogens is 342 g/mol. The van der Waals surface area contributed by atoms with Crippen molar-refractivity contribution in [3.8, 4) is 11.1 Å². The van der Waals surface area contributed by atoms with Crippen molar-refractivity contribution in [2.24, 2.45) is 0 Å². The van der Waals surface area contributed by atoms with Gasteiger partial charge in [0.15, 0.2) is 0 Å². The highest BCUT2D eigenvalue weighted by atomic mass is 16.2. The van der Waals surface area contributed by atoms with Gasteiger partial charge in [0.1, 0.15) is 0 Å². The van der Waals surface area contributed by atoms with E-state index < -0.39 is 0 Å². The molecule has 0 unspecified atom stereocenters. The van der Waals surface area contributed by atoms with Gasteiger partial charge in [-0.25, -0.2) is 0 Å². The summed E-state index contributed by atoms with van der Waals surface area (Å²) in [6, 6.07) is 27.1. The van der Waals surface area contributed by atoms with Crippen LogP contribution in [0.15, 0.2) is 92.0 Å². The number of nitrogens with one attached hydrogen (secondary N) is 1. The van der Waals surface area contributed by atoms with Crippen LogP contribution in [-0.4, -0.2) is 18.8 Å². The zero-order valence-corrected chi connectivity index (χ0v) is 17.2. The van der Waals surface area contributed by atoms with E-state index in [1.165, 1.54) is 22.3 Å². The predicted octanol–water partition coefficient (Wildman–Crippen LogP) is 6.18. The molecule has 28 heavy (non-hydrogen) atoms. The lowest BCUT2D eigenvalue weighted by molar-refractivity contribution is 0.399. The summed E-state index contributed by atoms with van der Waals surface area (Å²) in [5, 5.41) is 10.2. The standard InChI is InChI=1S/C14H12.C11H15N.CH4O/c1-2-12-8-10-14(11-9-12)13-6-4-3-5-7-13;1-4-12-10(3)11-7-5-9(2)6-8-11;1-2/h2-11H,1H2;5-8,12H,3-4H2,1-2H3;2H,1H3. The smallest absolute Gasteiger partial charge is 0.0340 e. The zero-order chi connectivity index (χ0) is 20.8. The molecule has 0 atom stereocenters. The van der Waals surface area contributed by atoms with Crippen molar-refractivity contribution in [1.29, 1.82) is 0 Å². The fourth-order valence-corrected chi connectivity index (χ4v) is 2.51. The first-order valence-corrected chi connectivity index (χ1v) is 9.36. The number of aryl methyl sites for hydroxylation is 1. The van der Waals surface area contributed by atoms with E-state index in [1.807, 2.05) is 12.1 Å². The molecule has 0 heterocycles. The van der Waals surface area contributed by atoms with Crippen LogP contribution in [0.4, 0.5) is 0 Å². The van der Waals surface area contributed by atoms with Gasteiger partial charge in [-0.1, -0.05) is 104 Å². The van der Waals surface area contributed by atoms with Crippen LogP contribution in [0.25, 0.3) is 22.9 Å². The molecule has 3 rings (SSSR count). The Bertz CT molecular complexity index is 819. The molecule has 2 nitrogen and oxygen atoms in total. The zero-order valence-electron chi connectivity index (χ0n) is 17.2. The third kappa shape index (κ3) is 7.65. The van der Waals surface area contributed by atoms with E-state index >= 15 is 0 Å². The fourth-order valence-electron chi connectivity index (χ4n) is 2.51. The Balaban J connectivity index is 0.000000260. The van der Waals surface area contributed by atoms with Crippen molar-refractivity contribution in [1.82, 2.24) is 5.32 Å². The lowest BCUT2D eigenvalue weighted by Crippen LogP contribution is -2.09. The maximum absolute atomic E-state index is 7.00. The van der Waals surface area contributed by atoms with Gasteiger partial charge in [-0.2, -0.15) is 0 Å². The lowest BCUT2D eigenvalue weighted by atomic mass is 10.0. The second-order valence-corrected chi connectivity index (χ2v) is 6.07. The second-order valence-electron chi connectivity index (χ2n) is 6.07. The predicted molar refractivity (Wildman–Crippen MR) is 124 cm³/mol. The minimum absolute atomic E-state index is 0.923. The van der Waals surface area contributed by atoms with Gasteiger partial charge < -0.3 is 10.4 Å². The van der Waals surface area contributed by atoms with Gasteiger partial charge in [-0.05, 0) is 36.1 Å². The number of aliphatic hydroxyl groups is 1. The molecule has 0 saturated carbocycles. The first-order chi connectivity index (χ1) is 13.6. The van der Waals surface area contributed by atoms with Gasteiger partial charge in [0, 0.05) is 19.4 Å². The van der Waals surface area contributed by atoms with Crippen molar-refractivity contribution >= 4 is 11.8 Å². The van der Waals surface area contributed by atoms with E-state index in [0.29, 0.717) is 0 Å². The number of hydrogen-bond acceptors (Lipinski definition) is 2. The van der Waals surface area contributed by atoms with Gasteiger partial charge in [0.05, 0.1) is 0 Å². The maximum atomic E-state index is 7.00. The monoisotopic (exact) mass is 373 g/mol. The summed E-state index contributed by atoms with van der Waals surface area (Å²) in [6.07, 6.45) is 1.86. The molecule has 0 saturated heterocycles. The summed E-state index contributed by atoms with van der Waals surface area (Å²) in [5.41, 5.74) is 7.10. The van der Waals surface area contributed by atoms with E-state index in [1.54, 1.807) is 0 Å². The molecule has 0 aliphatic carbocycles. The molecule has 0 fully saturated rings. The minimum atomic E-state index is 0.923. The summed E-state index contributed by atoms with van der Waals surface area (Å²) >= 11 is 0. The van der Waals surface area contributed by atoms with E-state index in [4.69, 9.17) is 5.11 Å². The lowest BCUT2D eigenvalue weighted by Gasteiger charge is -2.06. The second kappa shape index (κ2) is 13.1. The number of rotatable bonds is 5. The molecule has 2 heteroatoms. The van der Waals surface area contributed by atoms with Crippen molar-refractivity contribution in [2.75, 3.05) is 13.7 Å². The van der Waals surface area contributed by atoms with Gasteiger partial charge in [-0.3, -0.25) is 0 Å². The highest BCUT2D eigenvalue weighted by Crippen LogP contribution is 2.19. The average Bonchev–Trinajstić information content (AvgIpc) is 2.77. The number of aliphatic hydroxyl groups excluding tert-OH is 1. The van der Waals surface area contributed by atoms with Crippen molar-refractivity contribution in [3.63, 3.8) is 0 Å². The Labute approximate surface area is 169 Å². The molecule has 0 aliphatic rings. The van der Waals surface area contributed by atoms with Gasteiger partial charge >= 0.3 is 0 Å². The first-order valence-electron chi connectivity index (χ1n) is 9.36. The van der Waals surface area contributed by atoms with Gasteiger partial charge in [0.2, 0.25) is 0 Å². The van der Waals surface area contributed by atoms with Crippen LogP contribution in [-0.2, 0) is 0 Å². The van der Waals surface area contributed by atoms with E-state index in [2.05, 4.69) is 105 Å². The van der Waals surface area contributed by atoms with Crippen LogP contribution in [0.5, 0.6) is 0 Å². The Kier molecular flexibility index (Phi) is 10.8.